The number of carbonyl (C=O) groups is 2. The van der Waals surface area contributed by atoms with Crippen molar-refractivity contribution in [2.75, 3.05) is 38.1 Å². The van der Waals surface area contributed by atoms with Crippen molar-refractivity contribution in [1.29, 1.82) is 0 Å². The Morgan fingerprint density at radius 1 is 1.15 bits per heavy atom. The zero-order chi connectivity index (χ0) is 29.2. The Morgan fingerprint density at radius 2 is 1.98 bits per heavy atom. The largest absolute Gasteiger partial charge is 0.480 e. The van der Waals surface area contributed by atoms with Crippen molar-refractivity contribution in [3.05, 3.63) is 53.0 Å². The van der Waals surface area contributed by atoms with Gasteiger partial charge < -0.3 is 25.4 Å². The van der Waals surface area contributed by atoms with Crippen LogP contribution in [0.25, 0.3) is 0 Å². The minimum absolute atomic E-state index is 0.0367. The van der Waals surface area contributed by atoms with E-state index in [9.17, 15) is 27.9 Å². The lowest BCUT2D eigenvalue weighted by Crippen LogP contribution is -2.44. The van der Waals surface area contributed by atoms with Crippen LogP contribution in [-0.2, 0) is 28.5 Å². The van der Waals surface area contributed by atoms with Crippen LogP contribution in [0.5, 0.6) is 0 Å². The number of amides is 1. The van der Waals surface area contributed by atoms with Crippen LogP contribution >= 0.6 is 0 Å². The summed E-state index contributed by atoms with van der Waals surface area (Å²) < 4.78 is 45.9. The van der Waals surface area contributed by atoms with Crippen molar-refractivity contribution in [3.63, 3.8) is 0 Å². The van der Waals surface area contributed by atoms with Gasteiger partial charge in [0.2, 0.25) is 0 Å². The van der Waals surface area contributed by atoms with Crippen molar-refractivity contribution in [3.8, 4) is 0 Å². The van der Waals surface area contributed by atoms with Crippen molar-refractivity contribution in [2.24, 2.45) is 0 Å². The number of fused-ring (bicyclic) bond motifs is 1. The second-order valence-corrected chi connectivity index (χ2v) is 10.6. The molecular weight excluding hydrogens is 539 g/mol. The number of anilines is 1. The van der Waals surface area contributed by atoms with Crippen LogP contribution in [0.4, 0.5) is 19.0 Å². The third-order valence-electron chi connectivity index (χ3n) is 7.63. The summed E-state index contributed by atoms with van der Waals surface area (Å²) in [5.74, 6) is -1.43. The van der Waals surface area contributed by atoms with E-state index in [4.69, 9.17) is 9.72 Å². The Bertz CT molecular complexity index is 1180. The summed E-state index contributed by atoms with van der Waals surface area (Å²) >= 11 is 0. The van der Waals surface area contributed by atoms with Gasteiger partial charge in [-0.25, -0.2) is 9.78 Å². The number of ether oxygens (including phenoxy) is 1. The highest BCUT2D eigenvalue weighted by molar-refractivity contribution is 5.97. The molecule has 2 aliphatic rings. The predicted octanol–water partition coefficient (Wildman–Crippen LogP) is 4.32. The predicted molar refractivity (Wildman–Crippen MR) is 147 cm³/mol. The van der Waals surface area contributed by atoms with Gasteiger partial charge >= 0.3 is 12.1 Å². The fraction of sp³-hybridized carbons (Fsp3) is 0.586. The molecule has 2 aromatic heterocycles. The van der Waals surface area contributed by atoms with E-state index in [1.165, 1.54) is 5.56 Å². The second kappa shape index (κ2) is 14.6. The first-order chi connectivity index (χ1) is 19.7. The highest BCUT2D eigenvalue weighted by Crippen LogP contribution is 2.31. The topological polar surface area (TPSA) is 117 Å². The fourth-order valence-corrected chi connectivity index (χ4v) is 4.99. The van der Waals surface area contributed by atoms with E-state index in [-0.39, 0.29) is 12.5 Å². The van der Waals surface area contributed by atoms with E-state index in [0.29, 0.717) is 32.4 Å². The number of hydrogen-bond acceptors (Lipinski definition) is 7. The molecule has 1 unspecified atom stereocenters. The molecule has 1 aliphatic carbocycles. The summed E-state index contributed by atoms with van der Waals surface area (Å²) in [6.07, 6.45) is 5.12. The van der Waals surface area contributed by atoms with Crippen LogP contribution in [0.3, 0.4) is 0 Å². The average Bonchev–Trinajstić information content (AvgIpc) is 2.93. The summed E-state index contributed by atoms with van der Waals surface area (Å²) in [7, 11) is 0. The summed E-state index contributed by atoms with van der Waals surface area (Å²) in [4.78, 5) is 34.9. The van der Waals surface area contributed by atoms with Gasteiger partial charge in [0.25, 0.3) is 5.91 Å². The van der Waals surface area contributed by atoms with Gasteiger partial charge in [0.05, 0.1) is 23.8 Å². The van der Waals surface area contributed by atoms with Gasteiger partial charge in [0, 0.05) is 37.7 Å². The number of nitrogens with one attached hydrogen (secondary N) is 2. The van der Waals surface area contributed by atoms with E-state index < -0.39 is 35.2 Å². The quantitative estimate of drug-likeness (QED) is 0.268. The van der Waals surface area contributed by atoms with E-state index >= 15 is 0 Å². The minimum Gasteiger partial charge on any atom is -0.480 e. The van der Waals surface area contributed by atoms with Gasteiger partial charge in [-0.1, -0.05) is 6.07 Å². The molecule has 12 heteroatoms. The number of carbonyl (C=O) groups excluding carboxylic acids is 1. The zero-order valence-electron chi connectivity index (χ0n) is 23.1. The second-order valence-electron chi connectivity index (χ2n) is 10.6. The smallest absolute Gasteiger partial charge is 0.418 e. The molecule has 224 valence electrons. The number of carboxylic acids is 1. The Kier molecular flexibility index (Phi) is 10.9. The van der Waals surface area contributed by atoms with Crippen LogP contribution in [0, 0.1) is 0 Å². The number of aryl methyl sites for hydroxylation is 2. The molecule has 9 nitrogen and oxygen atoms in total. The lowest BCUT2D eigenvalue weighted by molar-refractivity contribution is -0.139. The van der Waals surface area contributed by atoms with Gasteiger partial charge in [-0.15, -0.1) is 0 Å². The first-order valence-electron chi connectivity index (χ1n) is 14.3. The van der Waals surface area contributed by atoms with Gasteiger partial charge in [-0.2, -0.15) is 13.2 Å². The van der Waals surface area contributed by atoms with Crippen LogP contribution in [0.1, 0.15) is 72.1 Å². The molecule has 0 radical (unpaired) electrons. The maximum absolute atomic E-state index is 13.3. The number of rotatable bonds is 15. The minimum atomic E-state index is -4.79. The van der Waals surface area contributed by atoms with Gasteiger partial charge in [0.15, 0.2) is 0 Å². The highest BCUT2D eigenvalue weighted by atomic mass is 19.4. The van der Waals surface area contributed by atoms with E-state index in [1.54, 1.807) is 0 Å². The van der Waals surface area contributed by atoms with E-state index in [2.05, 4.69) is 32.7 Å². The lowest BCUT2D eigenvalue weighted by atomic mass is 9.96. The van der Waals surface area contributed by atoms with E-state index in [0.717, 1.165) is 81.7 Å². The van der Waals surface area contributed by atoms with Crippen LogP contribution in [-0.4, -0.2) is 76.8 Å². The molecule has 3 heterocycles. The Morgan fingerprint density at radius 3 is 2.71 bits per heavy atom. The Labute approximate surface area is 237 Å². The molecule has 2 aromatic rings. The molecule has 1 saturated carbocycles. The van der Waals surface area contributed by atoms with Gasteiger partial charge in [-0.3, -0.25) is 9.78 Å². The molecule has 0 aromatic carbocycles. The summed E-state index contributed by atoms with van der Waals surface area (Å²) in [6, 6.07) is 3.80. The monoisotopic (exact) mass is 577 g/mol. The average molecular weight is 578 g/mol. The molecule has 1 aliphatic heterocycles. The molecule has 41 heavy (non-hydrogen) atoms. The first-order valence-corrected chi connectivity index (χ1v) is 14.3. The molecule has 0 bridgehead atoms. The van der Waals surface area contributed by atoms with Crippen molar-refractivity contribution in [2.45, 2.75) is 76.1 Å². The number of aromatic nitrogens is 2. The van der Waals surface area contributed by atoms with E-state index in [1.807, 2.05) is 0 Å². The number of carboxylic acid groups (broad SMARTS) is 1. The van der Waals surface area contributed by atoms with Gasteiger partial charge in [0.1, 0.15) is 11.9 Å². The molecule has 1 fully saturated rings. The molecule has 0 saturated heterocycles. The number of unbranched alkanes of at least 4 members (excludes halogenated alkanes) is 1. The van der Waals surface area contributed by atoms with Crippen LogP contribution < -0.4 is 10.6 Å². The number of hydrogen-bond donors (Lipinski definition) is 3. The molecule has 4 rings (SSSR count). The van der Waals surface area contributed by atoms with Crippen LogP contribution in [0.15, 0.2) is 30.6 Å². The molecular formula is C29H38F3N5O4. The zero-order valence-corrected chi connectivity index (χ0v) is 23.1. The normalized spacial score (nSPS) is 16.0. The first kappa shape index (κ1) is 30.7. The standard InChI is InChI=1S/C29H38F3N5O4/c30-29(31,32)24-19-33-14-11-23(24)27(38)36-25(28(39)40)12-16-37(17-18-41-22-7-3-8-22)15-2-1-6-21-10-9-20-5-4-13-34-26(20)35-21/h9-11,14,19,22,25H,1-8,12-13,15-18H2,(H,34,35)(H,36,38)(H,39,40). The van der Waals surface area contributed by atoms with Crippen molar-refractivity contribution >= 4 is 17.7 Å². The SMILES string of the molecule is O=C(NC(CCN(CCCCc1ccc2c(n1)NCCC2)CCOC1CCC1)C(=O)O)c1ccncc1C(F)(F)F. The molecule has 3 N–H and O–H groups in total. The third-order valence-corrected chi connectivity index (χ3v) is 7.63. The number of pyridine rings is 2. The lowest BCUT2D eigenvalue weighted by Gasteiger charge is -2.28. The summed E-state index contributed by atoms with van der Waals surface area (Å²) in [5.41, 5.74) is 0.411. The highest BCUT2D eigenvalue weighted by Gasteiger charge is 2.36. The summed E-state index contributed by atoms with van der Waals surface area (Å²) in [5, 5.41) is 15.3. The number of aliphatic carboxylic acids is 1. The third kappa shape index (κ3) is 9.12. The number of alkyl halides is 3. The molecule has 1 amide bonds. The maximum atomic E-state index is 13.3. The maximum Gasteiger partial charge on any atom is 0.418 e. The fourth-order valence-electron chi connectivity index (χ4n) is 4.99. The molecule has 0 spiro atoms. The number of nitrogens with zero attached hydrogens (tertiary/aromatic N) is 3. The van der Waals surface area contributed by atoms with Crippen molar-refractivity contribution < 1.29 is 32.6 Å². The van der Waals surface area contributed by atoms with Crippen molar-refractivity contribution in [1.82, 2.24) is 20.2 Å². The number of halogens is 3. The van der Waals surface area contributed by atoms with Crippen LogP contribution in [0.2, 0.25) is 0 Å². The molecule has 1 atom stereocenters. The Balaban J connectivity index is 1.30. The summed E-state index contributed by atoms with van der Waals surface area (Å²) in [6.45, 7) is 3.08. The van der Waals surface area contributed by atoms with Gasteiger partial charge in [-0.05, 0) is 82.0 Å². The Hall–Kier alpha value is -3.25.